The van der Waals surface area contributed by atoms with Crippen molar-refractivity contribution in [3.8, 4) is 0 Å². The van der Waals surface area contributed by atoms with Crippen LogP contribution in [0.4, 0.5) is 0 Å². The normalized spacial score (nSPS) is 13.6. The van der Waals surface area contributed by atoms with Gasteiger partial charge in [0.1, 0.15) is 6.04 Å². The van der Waals surface area contributed by atoms with Crippen LogP contribution in [0.1, 0.15) is 57.0 Å². The largest absolute Gasteiger partial charge is 0.480 e. The summed E-state index contributed by atoms with van der Waals surface area (Å²) in [5.41, 5.74) is 1.42. The number of esters is 1. The fourth-order valence-corrected chi connectivity index (χ4v) is 2.32. The van der Waals surface area contributed by atoms with Gasteiger partial charge in [-0.3, -0.25) is 9.59 Å². The average Bonchev–Trinajstić information content (AvgIpc) is 2.53. The average molecular weight is 349 g/mol. The topological polar surface area (TPSA) is 92.7 Å². The number of amides is 1. The minimum absolute atomic E-state index is 0.0278. The molecule has 0 aliphatic carbocycles. The number of rotatable bonds is 7. The van der Waals surface area contributed by atoms with E-state index in [0.717, 1.165) is 5.56 Å². The summed E-state index contributed by atoms with van der Waals surface area (Å²) in [6.07, 6.45) is -0.0278. The highest BCUT2D eigenvalue weighted by Crippen LogP contribution is 2.22. The molecule has 6 nitrogen and oxygen atoms in total. The van der Waals surface area contributed by atoms with Crippen molar-refractivity contribution in [2.75, 3.05) is 6.61 Å². The van der Waals surface area contributed by atoms with Gasteiger partial charge in [-0.2, -0.15) is 0 Å². The highest BCUT2D eigenvalue weighted by atomic mass is 16.5. The smallest absolute Gasteiger partial charge is 0.326 e. The van der Waals surface area contributed by atoms with Crippen LogP contribution in [0.25, 0.3) is 0 Å². The van der Waals surface area contributed by atoms with E-state index in [1.807, 2.05) is 12.1 Å². The Morgan fingerprint density at radius 1 is 1.16 bits per heavy atom. The van der Waals surface area contributed by atoms with Crippen LogP contribution in [0.3, 0.4) is 0 Å². The molecule has 0 saturated heterocycles. The Morgan fingerprint density at radius 3 is 2.16 bits per heavy atom. The lowest BCUT2D eigenvalue weighted by Gasteiger charge is -2.20. The Kier molecular flexibility index (Phi) is 7.15. The van der Waals surface area contributed by atoms with Gasteiger partial charge in [-0.05, 0) is 36.5 Å². The molecule has 0 aliphatic rings. The predicted octanol–water partition coefficient (Wildman–Crippen LogP) is 2.76. The molecule has 6 heteroatoms. The zero-order chi connectivity index (χ0) is 19.2. The third-order valence-electron chi connectivity index (χ3n) is 3.89. The molecular weight excluding hydrogens is 322 g/mol. The molecule has 2 N–H and O–H groups in total. The van der Waals surface area contributed by atoms with Crippen LogP contribution in [0.15, 0.2) is 24.3 Å². The van der Waals surface area contributed by atoms with Crippen LogP contribution in [-0.4, -0.2) is 35.6 Å². The number of carbonyl (C=O) groups excluding carboxylic acids is 2. The SMILES string of the molecule is CCOC(=O)[C@@H](C)C[C@H](NC(=O)c1ccc(C(C)(C)C)cc1)C(=O)O. The maximum atomic E-state index is 12.3. The second-order valence-electron chi connectivity index (χ2n) is 7.08. The van der Waals surface area contributed by atoms with Crippen molar-refractivity contribution in [1.82, 2.24) is 5.32 Å². The highest BCUT2D eigenvalue weighted by molar-refractivity contribution is 5.96. The van der Waals surface area contributed by atoms with Gasteiger partial charge in [0.15, 0.2) is 0 Å². The van der Waals surface area contributed by atoms with Gasteiger partial charge in [0.25, 0.3) is 5.91 Å². The van der Waals surface area contributed by atoms with E-state index >= 15 is 0 Å². The number of aliphatic carboxylic acids is 1. The van der Waals surface area contributed by atoms with Crippen molar-refractivity contribution in [3.63, 3.8) is 0 Å². The lowest BCUT2D eigenvalue weighted by molar-refractivity contribution is -0.148. The molecule has 0 saturated carbocycles. The van der Waals surface area contributed by atoms with E-state index in [-0.39, 0.29) is 18.4 Å². The van der Waals surface area contributed by atoms with Gasteiger partial charge in [0.2, 0.25) is 0 Å². The quantitative estimate of drug-likeness (QED) is 0.738. The molecule has 0 aromatic heterocycles. The molecule has 0 radical (unpaired) electrons. The van der Waals surface area contributed by atoms with Crippen molar-refractivity contribution in [2.24, 2.45) is 5.92 Å². The minimum atomic E-state index is -1.18. The first-order valence-corrected chi connectivity index (χ1v) is 8.37. The van der Waals surface area contributed by atoms with Gasteiger partial charge in [0, 0.05) is 5.56 Å². The van der Waals surface area contributed by atoms with Crippen molar-refractivity contribution in [3.05, 3.63) is 35.4 Å². The predicted molar refractivity (Wildman–Crippen MR) is 94.4 cm³/mol. The van der Waals surface area contributed by atoms with Crippen LogP contribution in [0, 0.1) is 5.92 Å². The van der Waals surface area contributed by atoms with Crippen molar-refractivity contribution < 1.29 is 24.2 Å². The fraction of sp³-hybridized carbons (Fsp3) is 0.526. The monoisotopic (exact) mass is 349 g/mol. The van der Waals surface area contributed by atoms with E-state index in [4.69, 9.17) is 4.74 Å². The Morgan fingerprint density at radius 2 is 1.72 bits per heavy atom. The molecule has 0 spiro atoms. The summed E-state index contributed by atoms with van der Waals surface area (Å²) in [5, 5.41) is 11.8. The molecule has 1 aromatic carbocycles. The molecule has 2 atom stereocenters. The maximum absolute atomic E-state index is 12.3. The molecule has 0 fully saturated rings. The molecule has 0 unspecified atom stereocenters. The lowest BCUT2D eigenvalue weighted by Crippen LogP contribution is -2.42. The van der Waals surface area contributed by atoms with Crippen LogP contribution in [-0.2, 0) is 19.7 Å². The highest BCUT2D eigenvalue weighted by Gasteiger charge is 2.27. The zero-order valence-corrected chi connectivity index (χ0v) is 15.5. The second kappa shape index (κ2) is 8.65. The molecule has 1 aromatic rings. The Balaban J connectivity index is 2.79. The molecule has 1 rings (SSSR count). The fourth-order valence-electron chi connectivity index (χ4n) is 2.32. The summed E-state index contributed by atoms with van der Waals surface area (Å²) in [5.74, 6) is -2.76. The molecule has 0 bridgehead atoms. The van der Waals surface area contributed by atoms with E-state index in [9.17, 15) is 19.5 Å². The Labute approximate surface area is 148 Å². The number of carbonyl (C=O) groups is 3. The summed E-state index contributed by atoms with van der Waals surface area (Å²) < 4.78 is 4.87. The molecule has 138 valence electrons. The first-order chi connectivity index (χ1) is 11.6. The summed E-state index contributed by atoms with van der Waals surface area (Å²) >= 11 is 0. The molecule has 25 heavy (non-hydrogen) atoms. The third kappa shape index (κ3) is 6.21. The number of hydrogen-bond donors (Lipinski definition) is 2. The molecule has 0 heterocycles. The van der Waals surface area contributed by atoms with E-state index < -0.39 is 29.8 Å². The van der Waals surface area contributed by atoms with Gasteiger partial charge in [-0.1, -0.05) is 39.8 Å². The Hall–Kier alpha value is -2.37. The number of benzene rings is 1. The van der Waals surface area contributed by atoms with Crippen LogP contribution in [0.5, 0.6) is 0 Å². The van der Waals surface area contributed by atoms with Crippen molar-refractivity contribution >= 4 is 17.8 Å². The van der Waals surface area contributed by atoms with Gasteiger partial charge in [-0.25, -0.2) is 4.79 Å². The number of ether oxygens (including phenoxy) is 1. The van der Waals surface area contributed by atoms with Crippen LogP contribution >= 0.6 is 0 Å². The number of nitrogens with one attached hydrogen (secondary N) is 1. The van der Waals surface area contributed by atoms with Crippen molar-refractivity contribution in [2.45, 2.75) is 52.5 Å². The standard InChI is InChI=1S/C19H27NO5/c1-6-25-18(24)12(2)11-15(17(22)23)20-16(21)13-7-9-14(10-8-13)19(3,4)5/h7-10,12,15H,6,11H2,1-5H3,(H,20,21)(H,22,23)/t12-,15-/m0/s1. The first-order valence-electron chi connectivity index (χ1n) is 8.37. The minimum Gasteiger partial charge on any atom is -0.480 e. The summed E-state index contributed by atoms with van der Waals surface area (Å²) in [6, 6.07) is 5.89. The maximum Gasteiger partial charge on any atom is 0.326 e. The summed E-state index contributed by atoms with van der Waals surface area (Å²) in [7, 11) is 0. The van der Waals surface area contributed by atoms with Crippen LogP contribution < -0.4 is 5.32 Å². The van der Waals surface area contributed by atoms with E-state index in [2.05, 4.69) is 26.1 Å². The molecule has 0 aliphatic heterocycles. The van der Waals surface area contributed by atoms with E-state index in [1.165, 1.54) is 0 Å². The van der Waals surface area contributed by atoms with Crippen LogP contribution in [0.2, 0.25) is 0 Å². The molecule has 1 amide bonds. The number of carboxylic acids is 1. The van der Waals surface area contributed by atoms with Gasteiger partial charge in [0.05, 0.1) is 12.5 Å². The number of carboxylic acid groups (broad SMARTS) is 1. The van der Waals surface area contributed by atoms with Crippen molar-refractivity contribution in [1.29, 1.82) is 0 Å². The lowest BCUT2D eigenvalue weighted by atomic mass is 9.86. The number of hydrogen-bond acceptors (Lipinski definition) is 4. The molecular formula is C19H27NO5. The summed E-state index contributed by atoms with van der Waals surface area (Å²) in [6.45, 7) is 9.70. The zero-order valence-electron chi connectivity index (χ0n) is 15.5. The third-order valence-corrected chi connectivity index (χ3v) is 3.89. The van der Waals surface area contributed by atoms with Gasteiger partial charge in [-0.15, -0.1) is 0 Å². The van der Waals surface area contributed by atoms with Gasteiger partial charge < -0.3 is 15.2 Å². The summed E-state index contributed by atoms with van der Waals surface area (Å²) in [4.78, 5) is 35.4. The van der Waals surface area contributed by atoms with E-state index in [1.54, 1.807) is 26.0 Å². The first kappa shape index (κ1) is 20.7. The Bertz CT molecular complexity index is 616. The second-order valence-corrected chi connectivity index (χ2v) is 7.08. The van der Waals surface area contributed by atoms with E-state index in [0.29, 0.717) is 5.56 Å². The van der Waals surface area contributed by atoms with Gasteiger partial charge >= 0.3 is 11.9 Å².